The van der Waals surface area contributed by atoms with Crippen LogP contribution in [0, 0.1) is 0 Å². The van der Waals surface area contributed by atoms with Gasteiger partial charge in [-0.2, -0.15) is 0 Å². The molecule has 0 radical (unpaired) electrons. The summed E-state index contributed by atoms with van der Waals surface area (Å²) in [5.74, 6) is 0.895. The van der Waals surface area contributed by atoms with Crippen molar-refractivity contribution in [1.29, 1.82) is 0 Å². The van der Waals surface area contributed by atoms with Crippen LogP contribution in [0.25, 0.3) is 0 Å². The fourth-order valence-corrected chi connectivity index (χ4v) is 3.12. The normalized spacial score (nSPS) is 16.0. The first-order chi connectivity index (χ1) is 9.72. The fraction of sp³-hybridized carbons (Fsp3) is 0.733. The highest BCUT2D eigenvalue weighted by atomic mass is 35.5. The van der Waals surface area contributed by atoms with Gasteiger partial charge in [-0.05, 0) is 26.3 Å². The van der Waals surface area contributed by atoms with Crippen molar-refractivity contribution in [3.63, 3.8) is 0 Å². The Hall–Kier alpha value is -0.870. The van der Waals surface area contributed by atoms with E-state index in [0.717, 1.165) is 43.4 Å². The molecule has 112 valence electrons. The second-order valence-corrected chi connectivity index (χ2v) is 5.95. The van der Waals surface area contributed by atoms with Gasteiger partial charge in [0.15, 0.2) is 0 Å². The van der Waals surface area contributed by atoms with Crippen LogP contribution >= 0.6 is 11.6 Å². The summed E-state index contributed by atoms with van der Waals surface area (Å²) in [6.07, 6.45) is 8.94. The molecule has 1 fully saturated rings. The molecule has 0 amide bonds. The van der Waals surface area contributed by atoms with E-state index in [4.69, 9.17) is 11.6 Å². The van der Waals surface area contributed by atoms with Gasteiger partial charge in [0.1, 0.15) is 17.3 Å². The lowest BCUT2D eigenvalue weighted by atomic mass is 10.2. The summed E-state index contributed by atoms with van der Waals surface area (Å²) in [5, 5.41) is 3.99. The topological polar surface area (TPSA) is 41.1 Å². The molecular formula is C15H25ClN4. The third kappa shape index (κ3) is 4.06. The van der Waals surface area contributed by atoms with Crippen LogP contribution < -0.4 is 5.32 Å². The van der Waals surface area contributed by atoms with E-state index in [1.807, 2.05) is 0 Å². The molecule has 1 N–H and O–H groups in total. The number of anilines is 1. The predicted molar refractivity (Wildman–Crippen MR) is 84.4 cm³/mol. The van der Waals surface area contributed by atoms with E-state index in [9.17, 15) is 0 Å². The summed E-state index contributed by atoms with van der Waals surface area (Å²) < 4.78 is 0. The van der Waals surface area contributed by atoms with Crippen molar-refractivity contribution in [1.82, 2.24) is 14.9 Å². The molecule has 1 aliphatic rings. The molecule has 1 aliphatic carbocycles. The lowest BCUT2D eigenvalue weighted by molar-refractivity contribution is 0.254. The molecule has 1 heterocycles. The highest BCUT2D eigenvalue weighted by Crippen LogP contribution is 2.23. The van der Waals surface area contributed by atoms with Gasteiger partial charge in [-0.25, -0.2) is 9.97 Å². The van der Waals surface area contributed by atoms with Gasteiger partial charge in [0.25, 0.3) is 0 Å². The van der Waals surface area contributed by atoms with Crippen molar-refractivity contribution in [2.45, 2.75) is 51.5 Å². The minimum absolute atomic E-state index is 0.577. The molecule has 4 nitrogen and oxygen atoms in total. The first-order valence-corrected chi connectivity index (χ1v) is 8.03. The van der Waals surface area contributed by atoms with Crippen LogP contribution in [0.4, 0.5) is 5.82 Å². The van der Waals surface area contributed by atoms with Crippen molar-refractivity contribution < 1.29 is 0 Å². The van der Waals surface area contributed by atoms with Crippen molar-refractivity contribution in [2.24, 2.45) is 0 Å². The highest BCUT2D eigenvalue weighted by Gasteiger charge is 2.19. The zero-order valence-electron chi connectivity index (χ0n) is 12.5. The lowest BCUT2D eigenvalue weighted by Gasteiger charge is -2.24. The molecular weight excluding hydrogens is 272 g/mol. The molecule has 2 rings (SSSR count). The minimum Gasteiger partial charge on any atom is -0.368 e. The number of rotatable bonds is 7. The van der Waals surface area contributed by atoms with Gasteiger partial charge >= 0.3 is 0 Å². The third-order valence-electron chi connectivity index (χ3n) is 4.10. The first-order valence-electron chi connectivity index (χ1n) is 7.65. The fourth-order valence-electron chi connectivity index (χ4n) is 2.89. The molecule has 1 aromatic heterocycles. The maximum Gasteiger partial charge on any atom is 0.137 e. The van der Waals surface area contributed by atoms with Crippen molar-refractivity contribution in [2.75, 3.05) is 25.5 Å². The van der Waals surface area contributed by atoms with E-state index >= 15 is 0 Å². The lowest BCUT2D eigenvalue weighted by Crippen LogP contribution is -2.33. The molecule has 1 saturated carbocycles. The first kappa shape index (κ1) is 15.5. The summed E-state index contributed by atoms with van der Waals surface area (Å²) in [6, 6.07) is 0.765. The zero-order valence-corrected chi connectivity index (χ0v) is 13.3. The molecule has 1 aromatic rings. The van der Waals surface area contributed by atoms with Gasteiger partial charge in [-0.3, -0.25) is 0 Å². The summed E-state index contributed by atoms with van der Waals surface area (Å²) in [6.45, 7) is 4.08. The van der Waals surface area contributed by atoms with Crippen LogP contribution in [0.15, 0.2) is 6.33 Å². The number of nitrogens with zero attached hydrogens (tertiary/aromatic N) is 3. The van der Waals surface area contributed by atoms with Gasteiger partial charge in [0.05, 0.1) is 0 Å². The third-order valence-corrected chi connectivity index (χ3v) is 4.42. The zero-order chi connectivity index (χ0) is 14.4. The summed E-state index contributed by atoms with van der Waals surface area (Å²) in [4.78, 5) is 10.9. The molecule has 0 bridgehead atoms. The van der Waals surface area contributed by atoms with Crippen molar-refractivity contribution in [3.8, 4) is 0 Å². The Bertz CT molecular complexity index is 418. The van der Waals surface area contributed by atoms with Gasteiger partial charge in [-0.15, -0.1) is 0 Å². The van der Waals surface area contributed by atoms with Crippen molar-refractivity contribution >= 4 is 17.4 Å². The highest BCUT2D eigenvalue weighted by molar-refractivity contribution is 6.30. The van der Waals surface area contributed by atoms with E-state index in [2.05, 4.69) is 34.2 Å². The van der Waals surface area contributed by atoms with Gasteiger partial charge in [0.2, 0.25) is 0 Å². The molecule has 20 heavy (non-hydrogen) atoms. The number of likely N-dealkylation sites (N-methyl/N-ethyl adjacent to an activating group) is 1. The maximum atomic E-state index is 6.15. The Morgan fingerprint density at radius 1 is 1.35 bits per heavy atom. The Morgan fingerprint density at radius 3 is 2.80 bits per heavy atom. The summed E-state index contributed by atoms with van der Waals surface area (Å²) >= 11 is 6.15. The van der Waals surface area contributed by atoms with Gasteiger partial charge < -0.3 is 10.2 Å². The largest absolute Gasteiger partial charge is 0.368 e. The quantitative estimate of drug-likeness (QED) is 0.783. The minimum atomic E-state index is 0.577. The number of nitrogens with one attached hydrogen (secondary N) is 1. The van der Waals surface area contributed by atoms with E-state index in [1.165, 1.54) is 32.0 Å². The van der Waals surface area contributed by atoms with Gasteiger partial charge in [0, 0.05) is 24.7 Å². The average Bonchev–Trinajstić information content (AvgIpc) is 2.96. The smallest absolute Gasteiger partial charge is 0.137 e. The molecule has 0 atom stereocenters. The van der Waals surface area contributed by atoms with E-state index < -0.39 is 0 Å². The number of hydrogen-bond acceptors (Lipinski definition) is 4. The molecule has 0 aliphatic heterocycles. The van der Waals surface area contributed by atoms with Crippen LogP contribution in [-0.2, 0) is 6.42 Å². The molecule has 0 saturated heterocycles. The van der Waals surface area contributed by atoms with Crippen LogP contribution in [0.5, 0.6) is 0 Å². The summed E-state index contributed by atoms with van der Waals surface area (Å²) in [5.41, 5.74) is 1.04. The Morgan fingerprint density at radius 2 is 2.10 bits per heavy atom. The number of hydrogen-bond donors (Lipinski definition) is 1. The molecule has 5 heteroatoms. The van der Waals surface area contributed by atoms with E-state index in [1.54, 1.807) is 0 Å². The maximum absolute atomic E-state index is 6.15. The standard InChI is InChI=1S/C15H25ClN4/c1-3-6-13-14(16)18-11-19-15(13)17-9-10-20(2)12-7-4-5-8-12/h11-12H,3-10H2,1-2H3,(H,17,18,19). The SMILES string of the molecule is CCCc1c(Cl)ncnc1NCCN(C)C1CCCC1. The Balaban J connectivity index is 1.85. The van der Waals surface area contributed by atoms with Crippen LogP contribution in [0.3, 0.4) is 0 Å². The van der Waals surface area contributed by atoms with Crippen LogP contribution in [-0.4, -0.2) is 41.0 Å². The van der Waals surface area contributed by atoms with Gasteiger partial charge in [-0.1, -0.05) is 37.8 Å². The molecule has 0 unspecified atom stereocenters. The molecule has 0 spiro atoms. The predicted octanol–water partition coefficient (Wildman–Crippen LogP) is 3.37. The second kappa shape index (κ2) is 7.79. The Kier molecular flexibility index (Phi) is 6.05. The van der Waals surface area contributed by atoms with E-state index in [-0.39, 0.29) is 0 Å². The summed E-state index contributed by atoms with van der Waals surface area (Å²) in [7, 11) is 2.22. The molecule has 0 aromatic carbocycles. The van der Waals surface area contributed by atoms with E-state index in [0.29, 0.717) is 5.15 Å². The monoisotopic (exact) mass is 296 g/mol. The van der Waals surface area contributed by atoms with Crippen molar-refractivity contribution in [3.05, 3.63) is 17.0 Å². The van der Waals surface area contributed by atoms with Crippen LogP contribution in [0.2, 0.25) is 5.15 Å². The Labute approximate surface area is 126 Å². The average molecular weight is 297 g/mol. The number of aromatic nitrogens is 2. The second-order valence-electron chi connectivity index (χ2n) is 5.59. The van der Waals surface area contributed by atoms with Crippen LogP contribution in [0.1, 0.15) is 44.6 Å². The number of halogens is 1.